The molecule has 5 rings (SSSR count). The van der Waals surface area contributed by atoms with Gasteiger partial charge in [0.25, 0.3) is 5.91 Å². The van der Waals surface area contributed by atoms with Crippen LogP contribution < -0.4 is 10.7 Å². The lowest BCUT2D eigenvalue weighted by Gasteiger charge is -2.25. The molecule has 3 aromatic rings. The van der Waals surface area contributed by atoms with Crippen LogP contribution in [0.3, 0.4) is 0 Å². The van der Waals surface area contributed by atoms with Crippen molar-refractivity contribution in [3.63, 3.8) is 0 Å². The fourth-order valence-corrected chi connectivity index (χ4v) is 6.30. The van der Waals surface area contributed by atoms with E-state index in [-0.39, 0.29) is 23.0 Å². The number of fused-ring (bicyclic) bond motifs is 2. The Labute approximate surface area is 170 Å². The van der Waals surface area contributed by atoms with Crippen molar-refractivity contribution < 1.29 is 17.6 Å². The van der Waals surface area contributed by atoms with Crippen molar-refractivity contribution in [1.82, 2.24) is 9.29 Å². The first-order valence-electron chi connectivity index (χ1n) is 9.23. The molecule has 29 heavy (non-hydrogen) atoms. The van der Waals surface area contributed by atoms with Crippen LogP contribution in [0.15, 0.2) is 39.5 Å². The first-order chi connectivity index (χ1) is 13.9. The second-order valence-corrected chi connectivity index (χ2v) is 10.4. The number of rotatable bonds is 4. The quantitative estimate of drug-likeness (QED) is 0.679. The van der Waals surface area contributed by atoms with Gasteiger partial charge in [-0.05, 0) is 25.0 Å². The predicted molar refractivity (Wildman–Crippen MR) is 109 cm³/mol. The number of nitrogens with one attached hydrogen (secondary N) is 1. The number of aromatic nitrogens is 1. The van der Waals surface area contributed by atoms with Gasteiger partial charge in [-0.25, -0.2) is 13.4 Å². The number of hydrogen-bond donors (Lipinski definition) is 1. The minimum Gasteiger partial charge on any atom is -0.451 e. The van der Waals surface area contributed by atoms with Gasteiger partial charge in [-0.2, -0.15) is 4.31 Å². The summed E-state index contributed by atoms with van der Waals surface area (Å²) in [4.78, 5) is 30.0. The van der Waals surface area contributed by atoms with Gasteiger partial charge in [-0.3, -0.25) is 14.9 Å². The molecule has 1 fully saturated rings. The Morgan fingerprint density at radius 3 is 2.86 bits per heavy atom. The third kappa shape index (κ3) is 3.37. The first kappa shape index (κ1) is 18.5. The zero-order valence-electron chi connectivity index (χ0n) is 15.3. The Morgan fingerprint density at radius 2 is 2.07 bits per heavy atom. The van der Waals surface area contributed by atoms with Crippen LogP contribution in [0.1, 0.15) is 34.0 Å². The van der Waals surface area contributed by atoms with E-state index in [0.29, 0.717) is 29.1 Å². The van der Waals surface area contributed by atoms with E-state index in [2.05, 4.69) is 10.3 Å². The summed E-state index contributed by atoms with van der Waals surface area (Å²) in [6.07, 6.45) is 1.97. The fourth-order valence-electron chi connectivity index (χ4n) is 3.39. The molecule has 8 nitrogen and oxygen atoms in total. The van der Waals surface area contributed by atoms with E-state index >= 15 is 0 Å². The van der Waals surface area contributed by atoms with Crippen LogP contribution in [0.5, 0.6) is 0 Å². The van der Waals surface area contributed by atoms with E-state index in [9.17, 15) is 18.0 Å². The summed E-state index contributed by atoms with van der Waals surface area (Å²) in [5.41, 5.74) is 0.841. The molecule has 3 heterocycles. The molecule has 1 aliphatic heterocycles. The molecule has 1 saturated carbocycles. The van der Waals surface area contributed by atoms with Crippen molar-refractivity contribution in [1.29, 1.82) is 0 Å². The Bertz CT molecular complexity index is 1290. The van der Waals surface area contributed by atoms with Crippen molar-refractivity contribution in [2.24, 2.45) is 0 Å². The van der Waals surface area contributed by atoms with Crippen molar-refractivity contribution in [3.05, 3.63) is 56.9 Å². The van der Waals surface area contributed by atoms with Gasteiger partial charge in [0, 0.05) is 30.5 Å². The standard InChI is InChI=1S/C19H17N3O5S2/c23-14-9-16(27-15-4-2-1-3-12(14)15)18(24)21-19-20-13-7-8-22(10-17(13)28-19)29(25,26)11-5-6-11/h1-4,9,11H,5-8,10H2,(H,20,21,24). The molecule has 0 atom stereocenters. The molecule has 1 N–H and O–H groups in total. The van der Waals surface area contributed by atoms with Crippen molar-refractivity contribution in [2.75, 3.05) is 11.9 Å². The van der Waals surface area contributed by atoms with Gasteiger partial charge in [0.2, 0.25) is 10.0 Å². The lowest BCUT2D eigenvalue weighted by Crippen LogP contribution is -2.37. The Morgan fingerprint density at radius 1 is 1.28 bits per heavy atom. The summed E-state index contributed by atoms with van der Waals surface area (Å²) in [6.45, 7) is 0.690. The van der Waals surface area contributed by atoms with Gasteiger partial charge in [0.1, 0.15) is 5.58 Å². The van der Waals surface area contributed by atoms with E-state index in [1.54, 1.807) is 24.3 Å². The van der Waals surface area contributed by atoms with Crippen molar-refractivity contribution in [2.45, 2.75) is 31.1 Å². The molecule has 0 spiro atoms. The molecule has 0 bridgehead atoms. The monoisotopic (exact) mass is 431 g/mol. The maximum atomic E-state index is 12.6. The molecule has 1 amide bonds. The van der Waals surface area contributed by atoms with Crippen LogP contribution in [-0.4, -0.2) is 35.4 Å². The van der Waals surface area contributed by atoms with Crippen LogP contribution >= 0.6 is 11.3 Å². The van der Waals surface area contributed by atoms with Gasteiger partial charge in [0.15, 0.2) is 16.3 Å². The van der Waals surface area contributed by atoms with Crippen LogP contribution in [0.2, 0.25) is 0 Å². The number of thiazole rings is 1. The Hall–Kier alpha value is -2.56. The minimum atomic E-state index is -3.24. The lowest BCUT2D eigenvalue weighted by atomic mass is 10.2. The molecule has 10 heteroatoms. The SMILES string of the molecule is O=C(Nc1nc2c(s1)CN(S(=O)(=O)C1CC1)CC2)c1cc(=O)c2ccccc2o1. The van der Waals surface area contributed by atoms with Gasteiger partial charge >= 0.3 is 0 Å². The zero-order chi connectivity index (χ0) is 20.2. The van der Waals surface area contributed by atoms with E-state index in [4.69, 9.17) is 4.42 Å². The molecule has 2 aromatic heterocycles. The van der Waals surface area contributed by atoms with Crippen molar-refractivity contribution in [3.8, 4) is 0 Å². The number of carbonyl (C=O) groups excluding carboxylic acids is 1. The number of amides is 1. The van der Waals surface area contributed by atoms with Gasteiger partial charge < -0.3 is 4.42 Å². The third-order valence-electron chi connectivity index (χ3n) is 5.08. The highest BCUT2D eigenvalue weighted by molar-refractivity contribution is 7.90. The van der Waals surface area contributed by atoms with Gasteiger partial charge in [-0.15, -0.1) is 11.3 Å². The van der Waals surface area contributed by atoms with Crippen LogP contribution in [0, 0.1) is 0 Å². The molecule has 0 saturated heterocycles. The molecule has 150 valence electrons. The summed E-state index contributed by atoms with van der Waals surface area (Å²) in [5, 5.41) is 3.19. The summed E-state index contributed by atoms with van der Waals surface area (Å²) in [5.74, 6) is -0.666. The largest absolute Gasteiger partial charge is 0.451 e. The van der Waals surface area contributed by atoms with E-state index in [1.165, 1.54) is 15.6 Å². The second-order valence-electron chi connectivity index (χ2n) is 7.14. The smallest absolute Gasteiger partial charge is 0.293 e. The highest BCUT2D eigenvalue weighted by Crippen LogP contribution is 2.35. The van der Waals surface area contributed by atoms with Gasteiger partial charge in [-0.1, -0.05) is 12.1 Å². The Kier molecular flexibility index (Phi) is 4.30. The molecule has 1 aliphatic carbocycles. The molecular formula is C19H17N3O5S2. The van der Waals surface area contributed by atoms with Crippen LogP contribution in [0.25, 0.3) is 11.0 Å². The summed E-state index contributed by atoms with van der Waals surface area (Å²) in [6, 6.07) is 7.88. The number of sulfonamides is 1. The number of carbonyl (C=O) groups is 1. The maximum Gasteiger partial charge on any atom is 0.293 e. The summed E-state index contributed by atoms with van der Waals surface area (Å²) < 4.78 is 32.0. The molecule has 2 aliphatic rings. The van der Waals surface area contributed by atoms with E-state index in [1.807, 2.05) is 0 Å². The highest BCUT2D eigenvalue weighted by Gasteiger charge is 2.41. The van der Waals surface area contributed by atoms with E-state index < -0.39 is 15.9 Å². The van der Waals surface area contributed by atoms with Crippen LogP contribution in [0.4, 0.5) is 5.13 Å². The number of nitrogens with zero attached hydrogens (tertiary/aromatic N) is 2. The third-order valence-corrected chi connectivity index (χ3v) is 8.42. The molecule has 1 aromatic carbocycles. The van der Waals surface area contributed by atoms with Crippen LogP contribution in [-0.2, 0) is 23.0 Å². The average Bonchev–Trinajstić information content (AvgIpc) is 3.49. The molecule has 0 unspecified atom stereocenters. The van der Waals surface area contributed by atoms with Crippen molar-refractivity contribution >= 4 is 43.4 Å². The zero-order valence-corrected chi connectivity index (χ0v) is 16.9. The average molecular weight is 431 g/mol. The summed E-state index contributed by atoms with van der Waals surface area (Å²) >= 11 is 1.25. The number of para-hydroxylation sites is 1. The normalized spacial score (nSPS) is 17.2. The van der Waals surface area contributed by atoms with Gasteiger partial charge in [0.05, 0.1) is 16.3 Å². The molecule has 0 radical (unpaired) electrons. The fraction of sp³-hybridized carbons (Fsp3) is 0.316. The number of hydrogen-bond acceptors (Lipinski definition) is 7. The van der Waals surface area contributed by atoms with E-state index in [0.717, 1.165) is 29.5 Å². The highest BCUT2D eigenvalue weighted by atomic mass is 32.2. The first-order valence-corrected chi connectivity index (χ1v) is 11.6. The Balaban J connectivity index is 1.36. The minimum absolute atomic E-state index is 0.0974. The summed E-state index contributed by atoms with van der Waals surface area (Å²) in [7, 11) is -3.24. The second kappa shape index (κ2) is 6.75. The molecular weight excluding hydrogens is 414 g/mol. The number of anilines is 1. The topological polar surface area (TPSA) is 110 Å². The maximum absolute atomic E-state index is 12.6. The lowest BCUT2D eigenvalue weighted by molar-refractivity contribution is 0.0997. The predicted octanol–water partition coefficient (Wildman–Crippen LogP) is 2.35. The number of benzene rings is 1.